The number of aryl methyl sites for hydroxylation is 1. The zero-order chi connectivity index (χ0) is 16.6. The lowest BCUT2D eigenvalue weighted by Gasteiger charge is -2.56. The van der Waals surface area contributed by atoms with Crippen molar-refractivity contribution in [1.82, 2.24) is 5.32 Å². The highest BCUT2D eigenvalue weighted by molar-refractivity contribution is 5.76. The van der Waals surface area contributed by atoms with Crippen molar-refractivity contribution in [1.29, 1.82) is 5.26 Å². The van der Waals surface area contributed by atoms with Crippen LogP contribution in [0.2, 0.25) is 0 Å². The highest BCUT2D eigenvalue weighted by atomic mass is 16.1. The second-order valence-corrected chi connectivity index (χ2v) is 8.50. The molecule has 126 valence electrons. The molecule has 4 bridgehead atoms. The predicted molar refractivity (Wildman–Crippen MR) is 93.1 cm³/mol. The van der Waals surface area contributed by atoms with Crippen molar-refractivity contribution in [3.8, 4) is 6.07 Å². The number of nitrogens with zero attached hydrogens (tertiary/aromatic N) is 1. The van der Waals surface area contributed by atoms with Crippen LogP contribution in [0.5, 0.6) is 0 Å². The third kappa shape index (κ3) is 3.20. The molecule has 5 rings (SSSR count). The summed E-state index contributed by atoms with van der Waals surface area (Å²) in [6.07, 6.45) is 9.67. The third-order valence-corrected chi connectivity index (χ3v) is 6.55. The molecule has 0 spiro atoms. The Morgan fingerprint density at radius 2 is 1.67 bits per heavy atom. The Labute approximate surface area is 144 Å². The Morgan fingerprint density at radius 1 is 1.08 bits per heavy atom. The fraction of sp³-hybridized carbons (Fsp3) is 0.619. The number of hydrogen-bond acceptors (Lipinski definition) is 2. The molecule has 0 unspecified atom stereocenters. The molecular weight excluding hydrogens is 296 g/mol. The summed E-state index contributed by atoms with van der Waals surface area (Å²) in [5, 5.41) is 12.1. The third-order valence-electron chi connectivity index (χ3n) is 6.55. The average molecular weight is 322 g/mol. The van der Waals surface area contributed by atoms with Gasteiger partial charge in [-0.1, -0.05) is 12.1 Å². The molecule has 4 aliphatic rings. The molecular formula is C21H26N2O. The van der Waals surface area contributed by atoms with E-state index in [-0.39, 0.29) is 5.91 Å². The van der Waals surface area contributed by atoms with Crippen LogP contribution >= 0.6 is 0 Å². The molecule has 1 N–H and O–H groups in total. The van der Waals surface area contributed by atoms with Crippen molar-refractivity contribution in [2.24, 2.45) is 23.2 Å². The van der Waals surface area contributed by atoms with Crippen LogP contribution < -0.4 is 5.32 Å². The van der Waals surface area contributed by atoms with E-state index in [0.717, 1.165) is 36.3 Å². The van der Waals surface area contributed by atoms with Crippen LogP contribution in [0.25, 0.3) is 0 Å². The van der Waals surface area contributed by atoms with Crippen molar-refractivity contribution >= 4 is 5.91 Å². The van der Waals surface area contributed by atoms with E-state index in [1.54, 1.807) is 0 Å². The summed E-state index contributed by atoms with van der Waals surface area (Å²) in [4.78, 5) is 12.3. The SMILES string of the molecule is N#Cc1ccc(CCC(=O)NCC23CC4CC(CC(C4)C2)C3)cc1. The van der Waals surface area contributed by atoms with E-state index in [0.29, 0.717) is 17.4 Å². The van der Waals surface area contributed by atoms with Crippen LogP contribution in [0.15, 0.2) is 24.3 Å². The van der Waals surface area contributed by atoms with Gasteiger partial charge in [0, 0.05) is 13.0 Å². The summed E-state index contributed by atoms with van der Waals surface area (Å²) in [5.41, 5.74) is 2.21. The minimum absolute atomic E-state index is 0.176. The van der Waals surface area contributed by atoms with E-state index in [2.05, 4.69) is 11.4 Å². The van der Waals surface area contributed by atoms with Gasteiger partial charge in [0.1, 0.15) is 0 Å². The summed E-state index contributed by atoms with van der Waals surface area (Å²) in [6, 6.07) is 9.67. The minimum atomic E-state index is 0.176. The first kappa shape index (κ1) is 15.7. The molecule has 3 heteroatoms. The highest BCUT2D eigenvalue weighted by Gasteiger charge is 2.50. The fourth-order valence-corrected chi connectivity index (χ4v) is 5.88. The summed E-state index contributed by atoms with van der Waals surface area (Å²) < 4.78 is 0. The number of amides is 1. The van der Waals surface area contributed by atoms with Crippen molar-refractivity contribution in [2.45, 2.75) is 51.4 Å². The number of carbonyl (C=O) groups is 1. The van der Waals surface area contributed by atoms with Crippen LogP contribution in [0.3, 0.4) is 0 Å². The molecule has 4 fully saturated rings. The van der Waals surface area contributed by atoms with E-state index >= 15 is 0 Å². The topological polar surface area (TPSA) is 52.9 Å². The van der Waals surface area contributed by atoms with Crippen LogP contribution in [-0.2, 0) is 11.2 Å². The van der Waals surface area contributed by atoms with E-state index in [1.165, 1.54) is 38.5 Å². The minimum Gasteiger partial charge on any atom is -0.356 e. The average Bonchev–Trinajstić information content (AvgIpc) is 2.57. The lowest BCUT2D eigenvalue weighted by molar-refractivity contribution is -0.123. The standard InChI is InChI=1S/C21H26N2O/c22-13-16-3-1-15(2-4-16)5-6-20(24)23-14-21-10-17-7-18(11-21)9-19(8-17)12-21/h1-4,17-19H,5-12,14H2,(H,23,24). The smallest absolute Gasteiger partial charge is 0.220 e. The lowest BCUT2D eigenvalue weighted by atomic mass is 9.49. The van der Waals surface area contributed by atoms with Gasteiger partial charge < -0.3 is 5.32 Å². The number of hydrogen-bond donors (Lipinski definition) is 1. The summed E-state index contributed by atoms with van der Waals surface area (Å²) in [7, 11) is 0. The molecule has 4 aliphatic carbocycles. The fourth-order valence-electron chi connectivity index (χ4n) is 5.88. The summed E-state index contributed by atoms with van der Waals surface area (Å²) in [6.45, 7) is 0.892. The van der Waals surface area contributed by atoms with Crippen molar-refractivity contribution in [2.75, 3.05) is 6.54 Å². The van der Waals surface area contributed by atoms with Gasteiger partial charge in [0.05, 0.1) is 11.6 Å². The first-order valence-corrected chi connectivity index (χ1v) is 9.40. The van der Waals surface area contributed by atoms with Gasteiger partial charge in [-0.15, -0.1) is 0 Å². The monoisotopic (exact) mass is 322 g/mol. The molecule has 1 amide bonds. The molecule has 24 heavy (non-hydrogen) atoms. The second kappa shape index (κ2) is 6.24. The first-order chi connectivity index (χ1) is 11.6. The van der Waals surface area contributed by atoms with Gasteiger partial charge in [0.2, 0.25) is 5.91 Å². The molecule has 0 heterocycles. The zero-order valence-electron chi connectivity index (χ0n) is 14.3. The van der Waals surface area contributed by atoms with Crippen LogP contribution in [0.4, 0.5) is 0 Å². The molecule has 0 aliphatic heterocycles. The molecule has 1 aromatic carbocycles. The quantitative estimate of drug-likeness (QED) is 0.896. The molecule has 0 saturated heterocycles. The number of nitrogens with one attached hydrogen (secondary N) is 1. The number of carbonyl (C=O) groups excluding carboxylic acids is 1. The van der Waals surface area contributed by atoms with Crippen molar-refractivity contribution in [3.05, 3.63) is 35.4 Å². The lowest BCUT2D eigenvalue weighted by Crippen LogP contribution is -2.51. The second-order valence-electron chi connectivity index (χ2n) is 8.50. The Balaban J connectivity index is 1.27. The van der Waals surface area contributed by atoms with Gasteiger partial charge in [-0.2, -0.15) is 5.26 Å². The summed E-state index contributed by atoms with van der Waals surface area (Å²) >= 11 is 0. The number of nitriles is 1. The molecule has 1 aromatic rings. The van der Waals surface area contributed by atoms with Crippen LogP contribution in [-0.4, -0.2) is 12.5 Å². The van der Waals surface area contributed by atoms with E-state index in [9.17, 15) is 4.79 Å². The highest BCUT2D eigenvalue weighted by Crippen LogP contribution is 2.59. The zero-order valence-corrected chi connectivity index (χ0v) is 14.3. The van der Waals surface area contributed by atoms with Gasteiger partial charge in [-0.25, -0.2) is 0 Å². The maximum absolute atomic E-state index is 12.3. The Morgan fingerprint density at radius 3 is 2.21 bits per heavy atom. The normalized spacial score (nSPS) is 33.2. The maximum Gasteiger partial charge on any atom is 0.220 e. The van der Waals surface area contributed by atoms with Gasteiger partial charge in [-0.3, -0.25) is 4.79 Å². The van der Waals surface area contributed by atoms with E-state index in [4.69, 9.17) is 5.26 Å². The first-order valence-electron chi connectivity index (χ1n) is 9.40. The molecule has 4 saturated carbocycles. The molecule has 0 atom stereocenters. The van der Waals surface area contributed by atoms with Gasteiger partial charge in [0.15, 0.2) is 0 Å². The Hall–Kier alpha value is -1.82. The van der Waals surface area contributed by atoms with Gasteiger partial charge >= 0.3 is 0 Å². The molecule has 0 aromatic heterocycles. The van der Waals surface area contributed by atoms with E-state index < -0.39 is 0 Å². The summed E-state index contributed by atoms with van der Waals surface area (Å²) in [5.74, 6) is 2.99. The van der Waals surface area contributed by atoms with Gasteiger partial charge in [0.25, 0.3) is 0 Å². The van der Waals surface area contributed by atoms with Crippen LogP contribution in [0, 0.1) is 34.5 Å². The molecule has 3 nitrogen and oxygen atoms in total. The van der Waals surface area contributed by atoms with Crippen molar-refractivity contribution < 1.29 is 4.79 Å². The largest absolute Gasteiger partial charge is 0.356 e. The maximum atomic E-state index is 12.3. The molecule has 0 radical (unpaired) electrons. The van der Waals surface area contributed by atoms with Gasteiger partial charge in [-0.05, 0) is 85.8 Å². The number of rotatable bonds is 5. The predicted octanol–water partition coefficient (Wildman–Crippen LogP) is 3.82. The van der Waals surface area contributed by atoms with Crippen LogP contribution in [0.1, 0.15) is 56.1 Å². The number of benzene rings is 1. The van der Waals surface area contributed by atoms with E-state index in [1.807, 2.05) is 24.3 Å². The Kier molecular flexibility index (Phi) is 4.08. The van der Waals surface area contributed by atoms with Crippen molar-refractivity contribution in [3.63, 3.8) is 0 Å². The Bertz CT molecular complexity index is 620.